The summed E-state index contributed by atoms with van der Waals surface area (Å²) in [6.45, 7) is 2.88. The monoisotopic (exact) mass is 242 g/mol. The van der Waals surface area contributed by atoms with E-state index in [2.05, 4.69) is 12.2 Å². The standard InChI is InChI=1S/C13H26N2O2/c1-2-3-4-5-6-7-8-9-10-11-14-13(17)15-12-16/h12H,2-11H2,1H3,(H2,14,15,16,17). The second-order valence-electron chi connectivity index (χ2n) is 4.35. The van der Waals surface area contributed by atoms with Gasteiger partial charge >= 0.3 is 6.03 Å². The first-order valence-electron chi connectivity index (χ1n) is 6.79. The number of urea groups is 1. The third kappa shape index (κ3) is 12.9. The minimum Gasteiger partial charge on any atom is -0.338 e. The van der Waals surface area contributed by atoms with Crippen LogP contribution in [0.15, 0.2) is 0 Å². The molecule has 0 saturated carbocycles. The van der Waals surface area contributed by atoms with Gasteiger partial charge in [-0.15, -0.1) is 0 Å². The number of hydrogen-bond donors (Lipinski definition) is 2. The van der Waals surface area contributed by atoms with Crippen LogP contribution in [0.1, 0.15) is 64.7 Å². The van der Waals surface area contributed by atoms with Crippen molar-refractivity contribution in [2.45, 2.75) is 64.7 Å². The van der Waals surface area contributed by atoms with E-state index in [-0.39, 0.29) is 0 Å². The predicted octanol–water partition coefficient (Wildman–Crippen LogP) is 2.97. The molecule has 0 radical (unpaired) electrons. The Bertz CT molecular complexity index is 196. The third-order valence-corrected chi connectivity index (χ3v) is 2.76. The summed E-state index contributed by atoms with van der Waals surface area (Å²) < 4.78 is 0. The molecule has 0 aliphatic carbocycles. The number of nitrogens with one attached hydrogen (secondary N) is 2. The molecule has 2 N–H and O–H groups in total. The van der Waals surface area contributed by atoms with Crippen LogP contribution in [0.5, 0.6) is 0 Å². The lowest BCUT2D eigenvalue weighted by Crippen LogP contribution is -2.34. The summed E-state index contributed by atoms with van der Waals surface area (Å²) in [4.78, 5) is 20.8. The van der Waals surface area contributed by atoms with Gasteiger partial charge in [-0.3, -0.25) is 10.1 Å². The highest BCUT2D eigenvalue weighted by molar-refractivity contribution is 5.84. The number of rotatable bonds is 11. The Kier molecular flexibility index (Phi) is 12.2. The fraction of sp³-hybridized carbons (Fsp3) is 0.846. The minimum atomic E-state index is -0.403. The molecule has 0 rings (SSSR count). The van der Waals surface area contributed by atoms with E-state index in [1.54, 1.807) is 0 Å². The van der Waals surface area contributed by atoms with Crippen LogP contribution >= 0.6 is 0 Å². The van der Waals surface area contributed by atoms with Crippen LogP contribution in [0.3, 0.4) is 0 Å². The van der Waals surface area contributed by atoms with Gasteiger partial charge in [0.2, 0.25) is 6.41 Å². The van der Waals surface area contributed by atoms with Crippen molar-refractivity contribution < 1.29 is 9.59 Å². The molecule has 0 unspecified atom stereocenters. The first kappa shape index (κ1) is 15.9. The first-order valence-corrected chi connectivity index (χ1v) is 6.79. The fourth-order valence-corrected chi connectivity index (χ4v) is 1.74. The molecule has 4 nitrogen and oxygen atoms in total. The van der Waals surface area contributed by atoms with Gasteiger partial charge in [-0.05, 0) is 6.42 Å². The molecule has 0 aromatic carbocycles. The molecule has 0 aliphatic rings. The molecule has 0 aromatic heterocycles. The smallest absolute Gasteiger partial charge is 0.321 e. The Balaban J connectivity index is 3.03. The number of hydrogen-bond acceptors (Lipinski definition) is 2. The fourth-order valence-electron chi connectivity index (χ4n) is 1.74. The molecule has 4 heteroatoms. The maximum Gasteiger partial charge on any atom is 0.321 e. The molecule has 100 valence electrons. The number of unbranched alkanes of at least 4 members (excludes halogenated alkanes) is 8. The van der Waals surface area contributed by atoms with Crippen molar-refractivity contribution in [3.05, 3.63) is 0 Å². The molecule has 0 aliphatic heterocycles. The average molecular weight is 242 g/mol. The maximum absolute atomic E-state index is 10.8. The van der Waals surface area contributed by atoms with Crippen molar-refractivity contribution >= 4 is 12.4 Å². The van der Waals surface area contributed by atoms with Crippen molar-refractivity contribution in [3.63, 3.8) is 0 Å². The van der Waals surface area contributed by atoms with E-state index >= 15 is 0 Å². The summed E-state index contributed by atoms with van der Waals surface area (Å²) in [7, 11) is 0. The van der Waals surface area contributed by atoms with E-state index < -0.39 is 6.03 Å². The van der Waals surface area contributed by atoms with Crippen LogP contribution in [-0.4, -0.2) is 19.0 Å². The van der Waals surface area contributed by atoms with Gasteiger partial charge in [0.15, 0.2) is 0 Å². The predicted molar refractivity (Wildman–Crippen MR) is 69.8 cm³/mol. The Morgan fingerprint density at radius 3 is 2.00 bits per heavy atom. The molecule has 0 heterocycles. The summed E-state index contributed by atoms with van der Waals surface area (Å²) in [6, 6.07) is -0.403. The van der Waals surface area contributed by atoms with Crippen molar-refractivity contribution in [2.24, 2.45) is 0 Å². The van der Waals surface area contributed by atoms with E-state index in [9.17, 15) is 9.59 Å². The molecule has 0 saturated heterocycles. The Morgan fingerprint density at radius 2 is 1.47 bits per heavy atom. The van der Waals surface area contributed by atoms with E-state index in [1.165, 1.54) is 44.9 Å². The molecule has 3 amide bonds. The van der Waals surface area contributed by atoms with Gasteiger partial charge < -0.3 is 5.32 Å². The van der Waals surface area contributed by atoms with E-state index in [0.29, 0.717) is 13.0 Å². The molecule has 0 fully saturated rings. The molecule has 0 bridgehead atoms. The zero-order valence-electron chi connectivity index (χ0n) is 11.0. The second-order valence-corrected chi connectivity index (χ2v) is 4.35. The highest BCUT2D eigenvalue weighted by Crippen LogP contribution is 2.08. The molecular weight excluding hydrogens is 216 g/mol. The van der Waals surface area contributed by atoms with E-state index in [1.807, 2.05) is 5.32 Å². The Labute approximate surface area is 105 Å². The molecule has 17 heavy (non-hydrogen) atoms. The lowest BCUT2D eigenvalue weighted by Gasteiger charge is -2.03. The van der Waals surface area contributed by atoms with Gasteiger partial charge in [-0.1, -0.05) is 58.3 Å². The summed E-state index contributed by atoms with van der Waals surface area (Å²) in [5.41, 5.74) is 0. The van der Waals surface area contributed by atoms with Crippen molar-refractivity contribution in [1.29, 1.82) is 0 Å². The van der Waals surface area contributed by atoms with Gasteiger partial charge in [0.1, 0.15) is 0 Å². The van der Waals surface area contributed by atoms with Gasteiger partial charge in [0, 0.05) is 6.54 Å². The van der Waals surface area contributed by atoms with Gasteiger partial charge in [0.25, 0.3) is 0 Å². The van der Waals surface area contributed by atoms with E-state index in [4.69, 9.17) is 0 Å². The minimum absolute atomic E-state index is 0.394. The number of carbonyl (C=O) groups excluding carboxylic acids is 2. The highest BCUT2D eigenvalue weighted by Gasteiger charge is 1.96. The van der Waals surface area contributed by atoms with Gasteiger partial charge in [-0.2, -0.15) is 0 Å². The van der Waals surface area contributed by atoms with Crippen LogP contribution in [-0.2, 0) is 4.79 Å². The zero-order chi connectivity index (χ0) is 12.8. The Hall–Kier alpha value is -1.06. The van der Waals surface area contributed by atoms with Crippen molar-refractivity contribution in [2.75, 3.05) is 6.54 Å². The summed E-state index contributed by atoms with van der Waals surface area (Å²) in [6.07, 6.45) is 11.8. The number of imide groups is 1. The van der Waals surface area contributed by atoms with Crippen molar-refractivity contribution in [1.82, 2.24) is 10.6 Å². The number of amides is 3. The highest BCUT2D eigenvalue weighted by atomic mass is 16.2. The summed E-state index contributed by atoms with van der Waals surface area (Å²) >= 11 is 0. The molecule has 0 atom stereocenters. The molecular formula is C13H26N2O2. The quantitative estimate of drug-likeness (QED) is 0.432. The van der Waals surface area contributed by atoms with Crippen molar-refractivity contribution in [3.8, 4) is 0 Å². The summed E-state index contributed by atoms with van der Waals surface area (Å²) in [5.74, 6) is 0. The van der Waals surface area contributed by atoms with Crippen LogP contribution < -0.4 is 10.6 Å². The van der Waals surface area contributed by atoms with Crippen LogP contribution in [0.2, 0.25) is 0 Å². The first-order chi connectivity index (χ1) is 8.31. The largest absolute Gasteiger partial charge is 0.338 e. The van der Waals surface area contributed by atoms with Crippen LogP contribution in [0.25, 0.3) is 0 Å². The van der Waals surface area contributed by atoms with Gasteiger partial charge in [-0.25, -0.2) is 4.79 Å². The normalized spacial score (nSPS) is 9.94. The van der Waals surface area contributed by atoms with E-state index in [0.717, 1.165) is 12.8 Å². The lowest BCUT2D eigenvalue weighted by atomic mass is 10.1. The SMILES string of the molecule is CCCCCCCCCCCNC(=O)NC=O. The van der Waals surface area contributed by atoms with Gasteiger partial charge in [0.05, 0.1) is 0 Å². The van der Waals surface area contributed by atoms with Crippen LogP contribution in [0.4, 0.5) is 4.79 Å². The lowest BCUT2D eigenvalue weighted by molar-refractivity contribution is -0.108. The average Bonchev–Trinajstić information content (AvgIpc) is 2.32. The van der Waals surface area contributed by atoms with Crippen LogP contribution in [0, 0.1) is 0 Å². The maximum atomic E-state index is 10.8. The second kappa shape index (κ2) is 13.0. The molecule has 0 spiro atoms. The topological polar surface area (TPSA) is 58.2 Å². The third-order valence-electron chi connectivity index (χ3n) is 2.76. The Morgan fingerprint density at radius 1 is 0.941 bits per heavy atom. The molecule has 0 aromatic rings. The zero-order valence-corrected chi connectivity index (χ0v) is 11.0. The summed E-state index contributed by atoms with van der Waals surface area (Å²) in [5, 5.41) is 4.67. The number of carbonyl (C=O) groups is 2.